The van der Waals surface area contributed by atoms with Gasteiger partial charge in [-0.2, -0.15) is 0 Å². The average molecular weight is 545 g/mol. The number of amides is 1. The second-order valence-electron chi connectivity index (χ2n) is 10.7. The third kappa shape index (κ3) is 9.10. The Balaban J connectivity index is 2.54. The molecule has 1 amide bonds. The van der Waals surface area contributed by atoms with E-state index in [-0.39, 0.29) is 47.9 Å². The SMILES string of the molecule is CO[C@@H]1/C=C/C=C(/C)C(=O)NC2=CC(=O)C(N[C@H](C)CO)=C(C[C@@H](C)C[C@H](OC)[C@H](O)[C@@H](C)/C=C(\C)C1)C2=O. The lowest BCUT2D eigenvalue weighted by Crippen LogP contribution is -2.39. The molecule has 0 unspecified atom stereocenters. The highest BCUT2D eigenvalue weighted by molar-refractivity contribution is 6.23. The number of carbonyl (C=O) groups excluding carboxylic acids is 3. The Hall–Kier alpha value is -2.85. The van der Waals surface area contributed by atoms with Crippen LogP contribution >= 0.6 is 0 Å². The van der Waals surface area contributed by atoms with E-state index >= 15 is 0 Å². The molecule has 0 aromatic rings. The topological polar surface area (TPSA) is 134 Å². The quantitative estimate of drug-likeness (QED) is 0.307. The normalized spacial score (nSPS) is 32.4. The largest absolute Gasteiger partial charge is 0.394 e. The number of aliphatic hydroxyl groups is 2. The van der Waals surface area contributed by atoms with Crippen LogP contribution in [0.15, 0.2) is 58.5 Å². The van der Waals surface area contributed by atoms with Crippen LogP contribution in [0.5, 0.6) is 0 Å². The minimum Gasteiger partial charge on any atom is -0.394 e. The Morgan fingerprint density at radius 3 is 2.44 bits per heavy atom. The van der Waals surface area contributed by atoms with Crippen LogP contribution in [0, 0.1) is 11.8 Å². The molecule has 2 bridgehead atoms. The Labute approximate surface area is 231 Å². The van der Waals surface area contributed by atoms with E-state index in [1.165, 1.54) is 0 Å². The minimum atomic E-state index is -0.795. The lowest BCUT2D eigenvalue weighted by molar-refractivity contribution is -0.120. The number of hydrogen-bond donors (Lipinski definition) is 4. The third-order valence-electron chi connectivity index (χ3n) is 7.07. The average Bonchev–Trinajstić information content (AvgIpc) is 2.89. The zero-order valence-electron chi connectivity index (χ0n) is 24.1. The first-order valence-electron chi connectivity index (χ1n) is 13.4. The molecule has 1 aliphatic carbocycles. The summed E-state index contributed by atoms with van der Waals surface area (Å²) in [6.07, 6.45) is 8.00. The van der Waals surface area contributed by atoms with Crippen molar-refractivity contribution in [2.75, 3.05) is 20.8 Å². The molecule has 4 N–H and O–H groups in total. The van der Waals surface area contributed by atoms with Gasteiger partial charge in [0.15, 0.2) is 0 Å². The number of ketones is 2. The molecule has 2 aliphatic rings. The van der Waals surface area contributed by atoms with E-state index in [9.17, 15) is 24.6 Å². The van der Waals surface area contributed by atoms with Crippen molar-refractivity contribution >= 4 is 17.5 Å². The first-order valence-corrected chi connectivity index (χ1v) is 13.4. The summed E-state index contributed by atoms with van der Waals surface area (Å²) in [6.45, 7) is 8.91. The molecule has 1 heterocycles. The summed E-state index contributed by atoms with van der Waals surface area (Å²) < 4.78 is 11.2. The summed E-state index contributed by atoms with van der Waals surface area (Å²) in [5.41, 5.74) is 1.63. The van der Waals surface area contributed by atoms with E-state index in [2.05, 4.69) is 10.6 Å². The third-order valence-corrected chi connectivity index (χ3v) is 7.07. The number of aliphatic hydroxyl groups excluding tert-OH is 2. The second kappa shape index (κ2) is 15.1. The van der Waals surface area contributed by atoms with Gasteiger partial charge < -0.3 is 30.3 Å². The van der Waals surface area contributed by atoms with Gasteiger partial charge in [0.25, 0.3) is 5.91 Å². The van der Waals surface area contributed by atoms with Gasteiger partial charge in [-0.25, -0.2) is 0 Å². The number of ether oxygens (including phenoxy) is 2. The molecule has 1 aliphatic heterocycles. The minimum absolute atomic E-state index is 0.101. The van der Waals surface area contributed by atoms with Crippen LogP contribution in [0.1, 0.15) is 53.9 Å². The van der Waals surface area contributed by atoms with Gasteiger partial charge in [-0.05, 0) is 46.0 Å². The number of methoxy groups -OCH3 is 2. The maximum Gasteiger partial charge on any atom is 0.251 e. The van der Waals surface area contributed by atoms with E-state index < -0.39 is 35.7 Å². The number of fused-ring (bicyclic) bond motifs is 2. The van der Waals surface area contributed by atoms with Crippen LogP contribution in [-0.2, 0) is 23.9 Å². The molecule has 39 heavy (non-hydrogen) atoms. The molecule has 9 heteroatoms. The number of Topliss-reactive ketones (excluding diaryl/α,β-unsaturated/α-hetero) is 1. The van der Waals surface area contributed by atoms with Crippen LogP contribution < -0.4 is 10.6 Å². The van der Waals surface area contributed by atoms with E-state index in [1.54, 1.807) is 40.2 Å². The fourth-order valence-corrected chi connectivity index (χ4v) is 4.76. The Morgan fingerprint density at radius 1 is 1.13 bits per heavy atom. The molecule has 0 saturated carbocycles. The first kappa shape index (κ1) is 32.4. The predicted molar refractivity (Wildman–Crippen MR) is 149 cm³/mol. The Bertz CT molecular complexity index is 1070. The lowest BCUT2D eigenvalue weighted by Gasteiger charge is -2.29. The molecule has 0 radical (unpaired) electrons. The second-order valence-corrected chi connectivity index (χ2v) is 10.7. The monoisotopic (exact) mass is 544 g/mol. The van der Waals surface area contributed by atoms with Crippen molar-refractivity contribution < 1.29 is 34.1 Å². The zero-order chi connectivity index (χ0) is 29.3. The molecular weight excluding hydrogens is 500 g/mol. The fraction of sp³-hybridized carbons (Fsp3) is 0.567. The summed E-state index contributed by atoms with van der Waals surface area (Å²) in [5.74, 6) is -1.79. The molecule has 216 valence electrons. The van der Waals surface area contributed by atoms with Crippen molar-refractivity contribution in [2.45, 2.75) is 78.2 Å². The van der Waals surface area contributed by atoms with Crippen molar-refractivity contribution in [1.29, 1.82) is 0 Å². The van der Waals surface area contributed by atoms with E-state index in [1.807, 2.05) is 32.9 Å². The van der Waals surface area contributed by atoms with Crippen LogP contribution in [0.4, 0.5) is 0 Å². The van der Waals surface area contributed by atoms with Gasteiger partial charge >= 0.3 is 0 Å². The number of carbonyl (C=O) groups is 3. The summed E-state index contributed by atoms with van der Waals surface area (Å²) in [7, 11) is 3.15. The Morgan fingerprint density at radius 2 is 1.82 bits per heavy atom. The molecule has 0 spiro atoms. The summed E-state index contributed by atoms with van der Waals surface area (Å²) in [6, 6.07) is -0.460. The fourth-order valence-electron chi connectivity index (χ4n) is 4.76. The molecular formula is C30H44N2O7. The molecule has 6 atom stereocenters. The molecule has 0 fully saturated rings. The first-order chi connectivity index (χ1) is 18.4. The number of rotatable bonds is 5. The number of hydrogen-bond acceptors (Lipinski definition) is 8. The summed E-state index contributed by atoms with van der Waals surface area (Å²) in [5, 5.41) is 26.2. The van der Waals surface area contributed by atoms with Gasteiger partial charge in [-0.1, -0.05) is 43.7 Å². The van der Waals surface area contributed by atoms with Crippen molar-refractivity contribution in [3.05, 3.63) is 58.5 Å². The molecule has 0 aromatic heterocycles. The van der Waals surface area contributed by atoms with Crippen molar-refractivity contribution in [3.8, 4) is 0 Å². The molecule has 0 saturated heterocycles. The van der Waals surface area contributed by atoms with E-state index in [0.717, 1.165) is 11.6 Å². The van der Waals surface area contributed by atoms with Gasteiger partial charge in [0.1, 0.15) is 0 Å². The number of allylic oxidation sites excluding steroid dienone is 4. The van der Waals surface area contributed by atoms with Gasteiger partial charge in [0.2, 0.25) is 11.6 Å². The molecule has 0 aromatic carbocycles. The predicted octanol–water partition coefficient (Wildman–Crippen LogP) is 2.66. The summed E-state index contributed by atoms with van der Waals surface area (Å²) in [4.78, 5) is 39.5. The van der Waals surface area contributed by atoms with Crippen molar-refractivity contribution in [2.24, 2.45) is 11.8 Å². The zero-order valence-corrected chi connectivity index (χ0v) is 24.1. The van der Waals surface area contributed by atoms with Crippen molar-refractivity contribution in [3.63, 3.8) is 0 Å². The van der Waals surface area contributed by atoms with Crippen LogP contribution in [0.3, 0.4) is 0 Å². The van der Waals surface area contributed by atoms with E-state index in [4.69, 9.17) is 9.47 Å². The summed E-state index contributed by atoms with van der Waals surface area (Å²) >= 11 is 0. The highest BCUT2D eigenvalue weighted by atomic mass is 16.5. The van der Waals surface area contributed by atoms with Crippen molar-refractivity contribution in [1.82, 2.24) is 10.6 Å². The number of nitrogens with one attached hydrogen (secondary N) is 2. The van der Waals surface area contributed by atoms with Gasteiger partial charge in [0.05, 0.1) is 36.3 Å². The lowest BCUT2D eigenvalue weighted by atomic mass is 9.85. The molecule has 9 nitrogen and oxygen atoms in total. The Kier molecular flexibility index (Phi) is 12.5. The van der Waals surface area contributed by atoms with Gasteiger partial charge in [0, 0.05) is 43.4 Å². The standard InChI is InChI=1S/C30H44N2O7/c1-17-11-20(4)28(35)26(39-7)14-18(2)13-23-27(31-21(5)16-33)25(34)15-24(29(23)36)32-30(37)19(3)9-8-10-22(12-17)38-6/h8-11,15,18,20-22,26,28,31,33,35H,12-14,16H2,1-7H3,(H,32,37)/b10-8+,17-11+,19-9-/t18-,20+,21-,22-,26+,28-/m1/s1. The smallest absolute Gasteiger partial charge is 0.251 e. The van der Waals surface area contributed by atoms with Crippen LogP contribution in [-0.4, -0.2) is 72.9 Å². The maximum absolute atomic E-state index is 13.5. The van der Waals surface area contributed by atoms with Crippen LogP contribution in [0.25, 0.3) is 0 Å². The maximum atomic E-state index is 13.5. The molecule has 2 rings (SSSR count). The highest BCUT2D eigenvalue weighted by Crippen LogP contribution is 2.28. The van der Waals surface area contributed by atoms with Crippen LogP contribution in [0.2, 0.25) is 0 Å². The van der Waals surface area contributed by atoms with E-state index in [0.29, 0.717) is 18.4 Å². The highest BCUT2D eigenvalue weighted by Gasteiger charge is 2.33. The van der Waals surface area contributed by atoms with Gasteiger partial charge in [-0.15, -0.1) is 0 Å². The van der Waals surface area contributed by atoms with Gasteiger partial charge in [-0.3, -0.25) is 14.4 Å².